The second-order valence-electron chi connectivity index (χ2n) is 7.47. The molecule has 3 aromatic rings. The van der Waals surface area contributed by atoms with Crippen LogP contribution in [0.3, 0.4) is 0 Å². The van der Waals surface area contributed by atoms with Crippen molar-refractivity contribution in [3.63, 3.8) is 0 Å². The van der Waals surface area contributed by atoms with Crippen LogP contribution in [-0.2, 0) is 6.54 Å². The zero-order valence-corrected chi connectivity index (χ0v) is 17.9. The standard InChI is InChI=1S/C21H25N5O3S/c1-3-29-17-9-5-4-8-15(17)11-22-18(27)16-12-23-20-26(19(16)28)24-21(30-20)25-10-6-7-14(2)13-25/h4-5,8-9,12,14H,3,6-7,10-11,13H2,1-2H3,(H,22,27)/t14-/m0/s1. The van der Waals surface area contributed by atoms with Crippen LogP contribution in [0.15, 0.2) is 35.3 Å². The average molecular weight is 428 g/mol. The highest BCUT2D eigenvalue weighted by Gasteiger charge is 2.22. The van der Waals surface area contributed by atoms with Crippen LogP contribution in [-0.4, -0.2) is 40.2 Å². The first-order valence-corrected chi connectivity index (χ1v) is 11.0. The van der Waals surface area contributed by atoms with Gasteiger partial charge in [0.15, 0.2) is 0 Å². The molecule has 1 saturated heterocycles. The molecule has 0 spiro atoms. The van der Waals surface area contributed by atoms with E-state index in [9.17, 15) is 9.59 Å². The third kappa shape index (κ3) is 4.16. The molecule has 1 atom stereocenters. The summed E-state index contributed by atoms with van der Waals surface area (Å²) in [6.45, 7) is 6.76. The molecule has 1 N–H and O–H groups in total. The molecule has 158 valence electrons. The molecule has 1 amide bonds. The van der Waals surface area contributed by atoms with Crippen LogP contribution >= 0.6 is 11.3 Å². The molecule has 4 rings (SSSR count). The van der Waals surface area contributed by atoms with E-state index in [0.29, 0.717) is 23.2 Å². The second kappa shape index (κ2) is 8.83. The topological polar surface area (TPSA) is 88.8 Å². The summed E-state index contributed by atoms with van der Waals surface area (Å²) in [5, 5.41) is 8.02. The number of ether oxygens (including phenoxy) is 1. The van der Waals surface area contributed by atoms with Crippen molar-refractivity contribution in [2.75, 3.05) is 24.6 Å². The van der Waals surface area contributed by atoms with Gasteiger partial charge in [-0.3, -0.25) is 9.59 Å². The van der Waals surface area contributed by atoms with Crippen molar-refractivity contribution in [1.29, 1.82) is 0 Å². The lowest BCUT2D eigenvalue weighted by atomic mass is 10.0. The molecule has 3 heterocycles. The van der Waals surface area contributed by atoms with Gasteiger partial charge in [-0.1, -0.05) is 36.5 Å². The molecule has 2 aromatic heterocycles. The Morgan fingerprint density at radius 1 is 1.37 bits per heavy atom. The van der Waals surface area contributed by atoms with Crippen LogP contribution in [0.2, 0.25) is 0 Å². The van der Waals surface area contributed by atoms with Crippen molar-refractivity contribution < 1.29 is 9.53 Å². The molecule has 1 aliphatic rings. The average Bonchev–Trinajstić information content (AvgIpc) is 3.19. The quantitative estimate of drug-likeness (QED) is 0.651. The lowest BCUT2D eigenvalue weighted by Gasteiger charge is -2.30. The van der Waals surface area contributed by atoms with Gasteiger partial charge in [0.25, 0.3) is 11.5 Å². The Bertz CT molecular complexity index is 1110. The first-order valence-electron chi connectivity index (χ1n) is 10.2. The highest BCUT2D eigenvalue weighted by Crippen LogP contribution is 2.26. The van der Waals surface area contributed by atoms with Gasteiger partial charge < -0.3 is 15.0 Å². The number of anilines is 1. The van der Waals surface area contributed by atoms with Gasteiger partial charge in [0.05, 0.1) is 6.61 Å². The molecular formula is C21H25N5O3S. The molecule has 0 aliphatic carbocycles. The second-order valence-corrected chi connectivity index (χ2v) is 8.41. The number of aromatic nitrogens is 3. The summed E-state index contributed by atoms with van der Waals surface area (Å²) in [5.74, 6) is 0.830. The SMILES string of the molecule is CCOc1ccccc1CNC(=O)c1cnc2sc(N3CCC[C@H](C)C3)nn2c1=O. The van der Waals surface area contributed by atoms with E-state index in [1.807, 2.05) is 31.2 Å². The lowest BCUT2D eigenvalue weighted by molar-refractivity contribution is 0.0948. The van der Waals surface area contributed by atoms with Gasteiger partial charge in [0.1, 0.15) is 11.3 Å². The van der Waals surface area contributed by atoms with E-state index in [1.165, 1.54) is 28.5 Å². The molecule has 30 heavy (non-hydrogen) atoms. The monoisotopic (exact) mass is 427 g/mol. The smallest absolute Gasteiger partial charge is 0.288 e. The van der Waals surface area contributed by atoms with E-state index in [1.54, 1.807) is 0 Å². The van der Waals surface area contributed by atoms with Gasteiger partial charge >= 0.3 is 0 Å². The van der Waals surface area contributed by atoms with Gasteiger partial charge in [0, 0.05) is 31.4 Å². The minimum absolute atomic E-state index is 0.0229. The largest absolute Gasteiger partial charge is 0.494 e. The van der Waals surface area contributed by atoms with Crippen LogP contribution in [0.1, 0.15) is 42.6 Å². The third-order valence-electron chi connectivity index (χ3n) is 5.16. The van der Waals surface area contributed by atoms with Gasteiger partial charge in [-0.15, -0.1) is 5.10 Å². The molecular weight excluding hydrogens is 402 g/mol. The zero-order valence-electron chi connectivity index (χ0n) is 17.1. The molecule has 0 unspecified atom stereocenters. The number of rotatable bonds is 6. The van der Waals surface area contributed by atoms with Crippen LogP contribution < -0.4 is 20.5 Å². The first kappa shape index (κ1) is 20.3. The lowest BCUT2D eigenvalue weighted by Crippen LogP contribution is -2.34. The van der Waals surface area contributed by atoms with E-state index in [-0.39, 0.29) is 12.1 Å². The Hall–Kier alpha value is -2.94. The molecule has 0 bridgehead atoms. The predicted octanol–water partition coefficient (Wildman–Crippen LogP) is 2.72. The molecule has 1 fully saturated rings. The van der Waals surface area contributed by atoms with Crippen molar-refractivity contribution in [3.8, 4) is 5.75 Å². The van der Waals surface area contributed by atoms with Crippen molar-refractivity contribution >= 4 is 27.3 Å². The zero-order chi connectivity index (χ0) is 21.1. The Kier molecular flexibility index (Phi) is 5.98. The van der Waals surface area contributed by atoms with Crippen LogP contribution in [0, 0.1) is 5.92 Å². The summed E-state index contributed by atoms with van der Waals surface area (Å²) in [6, 6.07) is 7.49. The number of nitrogens with zero attached hydrogens (tertiary/aromatic N) is 4. The fourth-order valence-electron chi connectivity index (χ4n) is 3.64. The normalized spacial score (nSPS) is 16.6. The predicted molar refractivity (Wildman–Crippen MR) is 117 cm³/mol. The van der Waals surface area contributed by atoms with E-state index < -0.39 is 11.5 Å². The van der Waals surface area contributed by atoms with E-state index in [2.05, 4.69) is 27.2 Å². The Balaban J connectivity index is 1.53. The summed E-state index contributed by atoms with van der Waals surface area (Å²) >= 11 is 1.38. The Morgan fingerprint density at radius 3 is 3.00 bits per heavy atom. The first-order chi connectivity index (χ1) is 14.6. The molecule has 0 saturated carbocycles. The summed E-state index contributed by atoms with van der Waals surface area (Å²) < 4.78 is 6.82. The van der Waals surface area contributed by atoms with Crippen molar-refractivity contribution in [2.45, 2.75) is 33.2 Å². The highest BCUT2D eigenvalue weighted by molar-refractivity contribution is 7.20. The van der Waals surface area contributed by atoms with E-state index in [4.69, 9.17) is 4.74 Å². The number of piperidine rings is 1. The molecule has 8 nitrogen and oxygen atoms in total. The fourth-order valence-corrected chi connectivity index (χ4v) is 4.54. The summed E-state index contributed by atoms with van der Waals surface area (Å²) in [7, 11) is 0. The molecule has 9 heteroatoms. The number of amides is 1. The summed E-state index contributed by atoms with van der Waals surface area (Å²) in [4.78, 5) is 32.5. The maximum Gasteiger partial charge on any atom is 0.288 e. The summed E-state index contributed by atoms with van der Waals surface area (Å²) in [6.07, 6.45) is 3.65. The Labute approximate surface area is 178 Å². The third-order valence-corrected chi connectivity index (χ3v) is 6.14. The number of fused-ring (bicyclic) bond motifs is 1. The van der Waals surface area contributed by atoms with Gasteiger partial charge in [-0.05, 0) is 31.7 Å². The number of benzene rings is 1. The number of carbonyl (C=O) groups is 1. The molecule has 1 aromatic carbocycles. The maximum absolute atomic E-state index is 12.9. The minimum Gasteiger partial charge on any atom is -0.494 e. The van der Waals surface area contributed by atoms with Gasteiger partial charge in [0.2, 0.25) is 10.1 Å². The van der Waals surface area contributed by atoms with Gasteiger partial charge in [-0.2, -0.15) is 4.52 Å². The van der Waals surface area contributed by atoms with Gasteiger partial charge in [-0.25, -0.2) is 4.98 Å². The Morgan fingerprint density at radius 2 is 2.20 bits per heavy atom. The highest BCUT2D eigenvalue weighted by atomic mass is 32.1. The van der Waals surface area contributed by atoms with Crippen LogP contribution in [0.25, 0.3) is 4.96 Å². The summed E-state index contributed by atoms with van der Waals surface area (Å²) in [5.41, 5.74) is 0.366. The number of nitrogens with one attached hydrogen (secondary N) is 1. The van der Waals surface area contributed by atoms with Crippen molar-refractivity contribution in [3.05, 3.63) is 51.9 Å². The molecule has 0 radical (unpaired) electrons. The van der Waals surface area contributed by atoms with Crippen molar-refractivity contribution in [1.82, 2.24) is 19.9 Å². The maximum atomic E-state index is 12.9. The number of para-hydroxylation sites is 1. The number of hydrogen-bond acceptors (Lipinski definition) is 7. The minimum atomic E-state index is -0.477. The van der Waals surface area contributed by atoms with Crippen LogP contribution in [0.5, 0.6) is 5.75 Å². The number of carbonyl (C=O) groups excluding carboxylic acids is 1. The molecule has 1 aliphatic heterocycles. The van der Waals surface area contributed by atoms with E-state index in [0.717, 1.165) is 30.2 Å². The van der Waals surface area contributed by atoms with Crippen LogP contribution in [0.4, 0.5) is 5.13 Å². The van der Waals surface area contributed by atoms with E-state index >= 15 is 0 Å². The van der Waals surface area contributed by atoms with Crippen molar-refractivity contribution in [2.24, 2.45) is 5.92 Å². The number of hydrogen-bond donors (Lipinski definition) is 1. The fraction of sp³-hybridized carbons (Fsp3) is 0.429.